The van der Waals surface area contributed by atoms with Gasteiger partial charge in [-0.25, -0.2) is 4.39 Å². The first-order chi connectivity index (χ1) is 9.56. The summed E-state index contributed by atoms with van der Waals surface area (Å²) in [5, 5.41) is 3.23. The molecule has 1 heterocycles. The van der Waals surface area contributed by atoms with Crippen LogP contribution in [0.1, 0.15) is 18.2 Å². The molecule has 2 aromatic rings. The predicted octanol–water partition coefficient (Wildman–Crippen LogP) is 2.91. The van der Waals surface area contributed by atoms with E-state index in [0.29, 0.717) is 18.5 Å². The molecule has 0 aliphatic rings. The Morgan fingerprint density at radius 3 is 2.80 bits per heavy atom. The molecule has 0 fully saturated rings. The molecule has 3 nitrogen and oxygen atoms in total. The van der Waals surface area contributed by atoms with Crippen LogP contribution in [0.3, 0.4) is 0 Å². The highest BCUT2D eigenvalue weighted by atomic mass is 32.1. The van der Waals surface area contributed by atoms with E-state index in [1.807, 2.05) is 25.1 Å². The maximum atomic E-state index is 13.7. The lowest BCUT2D eigenvalue weighted by Crippen LogP contribution is -2.30. The van der Waals surface area contributed by atoms with Crippen LogP contribution in [0.5, 0.6) is 0 Å². The highest BCUT2D eigenvalue weighted by Crippen LogP contribution is 2.29. The maximum Gasteiger partial charge on any atom is 0.218 e. The van der Waals surface area contributed by atoms with E-state index >= 15 is 0 Å². The van der Waals surface area contributed by atoms with Crippen LogP contribution in [0, 0.1) is 5.82 Å². The van der Waals surface area contributed by atoms with E-state index in [4.69, 9.17) is 5.73 Å². The lowest BCUT2D eigenvalue weighted by atomic mass is 10.2. The zero-order chi connectivity index (χ0) is 14.5. The molecule has 1 aromatic carbocycles. The van der Waals surface area contributed by atoms with Crippen molar-refractivity contribution in [2.24, 2.45) is 5.73 Å². The van der Waals surface area contributed by atoms with E-state index in [0.717, 1.165) is 9.75 Å². The van der Waals surface area contributed by atoms with E-state index in [1.54, 1.807) is 23.5 Å². The Hall–Kier alpha value is -1.72. The van der Waals surface area contributed by atoms with Gasteiger partial charge < -0.3 is 11.1 Å². The minimum atomic E-state index is -0.316. The molecule has 1 amide bonds. The molecule has 5 heteroatoms. The van der Waals surface area contributed by atoms with Gasteiger partial charge in [0.15, 0.2) is 0 Å². The van der Waals surface area contributed by atoms with Crippen molar-refractivity contribution in [2.45, 2.75) is 25.9 Å². The highest BCUT2D eigenvalue weighted by molar-refractivity contribution is 7.15. The summed E-state index contributed by atoms with van der Waals surface area (Å²) in [4.78, 5) is 12.8. The van der Waals surface area contributed by atoms with Crippen molar-refractivity contribution in [1.29, 1.82) is 0 Å². The van der Waals surface area contributed by atoms with Gasteiger partial charge in [0.25, 0.3) is 0 Å². The molecule has 0 saturated heterocycles. The van der Waals surface area contributed by atoms with Crippen molar-refractivity contribution in [2.75, 3.05) is 0 Å². The van der Waals surface area contributed by atoms with Gasteiger partial charge in [0, 0.05) is 34.3 Å². The Balaban J connectivity index is 1.99. The fourth-order valence-corrected chi connectivity index (χ4v) is 2.91. The Morgan fingerprint density at radius 2 is 2.10 bits per heavy atom. The third kappa shape index (κ3) is 3.88. The van der Waals surface area contributed by atoms with Crippen LogP contribution < -0.4 is 11.1 Å². The molecule has 2 rings (SSSR count). The van der Waals surface area contributed by atoms with Gasteiger partial charge in [0.05, 0.1) is 0 Å². The number of nitrogens with two attached hydrogens (primary N) is 1. The first-order valence-electron chi connectivity index (χ1n) is 6.41. The van der Waals surface area contributed by atoms with Crippen LogP contribution >= 0.6 is 11.3 Å². The fourth-order valence-electron chi connectivity index (χ4n) is 1.93. The second kappa shape index (κ2) is 6.63. The summed E-state index contributed by atoms with van der Waals surface area (Å²) >= 11 is 1.54. The standard InChI is InChI=1S/C15H17FN2OS/c1-10(8-15(17)19)18-9-11-6-7-14(20-11)12-4-2-3-5-13(12)16/h2-7,10,18H,8-9H2,1H3,(H2,17,19)/t10-/m1/s1. The van der Waals surface area contributed by atoms with Crippen LogP contribution in [0.2, 0.25) is 0 Å². The smallest absolute Gasteiger partial charge is 0.218 e. The molecule has 0 aliphatic carbocycles. The lowest BCUT2D eigenvalue weighted by molar-refractivity contribution is -0.118. The zero-order valence-corrected chi connectivity index (χ0v) is 12.0. The number of thiophene rings is 1. The monoisotopic (exact) mass is 292 g/mol. The van der Waals surface area contributed by atoms with Crippen LogP contribution in [0.25, 0.3) is 10.4 Å². The molecule has 3 N–H and O–H groups in total. The Morgan fingerprint density at radius 1 is 1.35 bits per heavy atom. The first kappa shape index (κ1) is 14.7. The molecule has 0 unspecified atom stereocenters. The quantitative estimate of drug-likeness (QED) is 0.860. The van der Waals surface area contributed by atoms with Gasteiger partial charge in [0.2, 0.25) is 5.91 Å². The summed E-state index contributed by atoms with van der Waals surface area (Å²) in [6.07, 6.45) is 0.311. The van der Waals surface area contributed by atoms with Crippen molar-refractivity contribution in [3.63, 3.8) is 0 Å². The Bertz CT molecular complexity index is 597. The van der Waals surface area contributed by atoms with Crippen molar-refractivity contribution in [1.82, 2.24) is 5.32 Å². The normalized spacial score (nSPS) is 12.3. The number of carbonyl (C=O) groups is 1. The molecule has 0 aliphatic heterocycles. The molecule has 1 atom stereocenters. The number of amides is 1. The van der Waals surface area contributed by atoms with Gasteiger partial charge in [-0.3, -0.25) is 4.79 Å². The molecule has 0 bridgehead atoms. The predicted molar refractivity (Wildman–Crippen MR) is 79.8 cm³/mol. The summed E-state index contributed by atoms with van der Waals surface area (Å²) in [5.74, 6) is -0.529. The summed E-state index contributed by atoms with van der Waals surface area (Å²) in [6.45, 7) is 2.56. The number of halogens is 1. The van der Waals surface area contributed by atoms with Crippen LogP contribution in [-0.2, 0) is 11.3 Å². The SMILES string of the molecule is C[C@H](CC(N)=O)NCc1ccc(-c2ccccc2F)s1. The molecule has 0 spiro atoms. The number of benzene rings is 1. The van der Waals surface area contributed by atoms with E-state index in [9.17, 15) is 9.18 Å². The number of nitrogens with one attached hydrogen (secondary N) is 1. The molecular formula is C15H17FN2OS. The summed E-state index contributed by atoms with van der Waals surface area (Å²) < 4.78 is 13.7. The number of carbonyl (C=O) groups excluding carboxylic acids is 1. The molecule has 0 saturated carbocycles. The third-order valence-corrected chi connectivity index (χ3v) is 4.05. The van der Waals surface area contributed by atoms with E-state index in [-0.39, 0.29) is 17.8 Å². The maximum absolute atomic E-state index is 13.7. The van der Waals surface area contributed by atoms with Gasteiger partial charge in [-0.2, -0.15) is 0 Å². The van der Waals surface area contributed by atoms with Gasteiger partial charge in [-0.05, 0) is 25.1 Å². The Labute approximate surface area is 121 Å². The van der Waals surface area contributed by atoms with Gasteiger partial charge in [0.1, 0.15) is 5.82 Å². The van der Waals surface area contributed by atoms with Crippen LogP contribution in [0.15, 0.2) is 36.4 Å². The van der Waals surface area contributed by atoms with E-state index < -0.39 is 0 Å². The van der Waals surface area contributed by atoms with E-state index in [1.165, 1.54) is 6.07 Å². The average Bonchev–Trinajstić information content (AvgIpc) is 2.85. The van der Waals surface area contributed by atoms with Crippen molar-refractivity contribution >= 4 is 17.2 Å². The molecular weight excluding hydrogens is 275 g/mol. The second-order valence-electron chi connectivity index (χ2n) is 4.70. The average molecular weight is 292 g/mol. The summed E-state index contributed by atoms with van der Waals surface area (Å²) in [6, 6.07) is 10.7. The Kier molecular flexibility index (Phi) is 4.87. The second-order valence-corrected chi connectivity index (χ2v) is 5.87. The largest absolute Gasteiger partial charge is 0.370 e. The lowest BCUT2D eigenvalue weighted by Gasteiger charge is -2.10. The molecule has 106 valence electrons. The topological polar surface area (TPSA) is 55.1 Å². The zero-order valence-electron chi connectivity index (χ0n) is 11.2. The van der Waals surface area contributed by atoms with Crippen molar-refractivity contribution < 1.29 is 9.18 Å². The highest BCUT2D eigenvalue weighted by Gasteiger charge is 2.09. The number of hydrogen-bond donors (Lipinski definition) is 2. The summed E-state index contributed by atoms with van der Waals surface area (Å²) in [5.41, 5.74) is 5.76. The third-order valence-electron chi connectivity index (χ3n) is 2.93. The van der Waals surface area contributed by atoms with Crippen molar-refractivity contribution in [3.8, 4) is 10.4 Å². The summed E-state index contributed by atoms with van der Waals surface area (Å²) in [7, 11) is 0. The van der Waals surface area contributed by atoms with Crippen LogP contribution in [-0.4, -0.2) is 11.9 Å². The molecule has 20 heavy (non-hydrogen) atoms. The van der Waals surface area contributed by atoms with Gasteiger partial charge in [-0.15, -0.1) is 11.3 Å². The number of primary amides is 1. The van der Waals surface area contributed by atoms with Gasteiger partial charge in [-0.1, -0.05) is 18.2 Å². The minimum absolute atomic E-state index is 0.0338. The minimum Gasteiger partial charge on any atom is -0.370 e. The van der Waals surface area contributed by atoms with Crippen molar-refractivity contribution in [3.05, 3.63) is 47.1 Å². The number of rotatable bonds is 6. The molecule has 1 aromatic heterocycles. The van der Waals surface area contributed by atoms with Crippen LogP contribution in [0.4, 0.5) is 4.39 Å². The first-order valence-corrected chi connectivity index (χ1v) is 7.23. The molecule has 0 radical (unpaired) electrons. The van der Waals surface area contributed by atoms with Gasteiger partial charge >= 0.3 is 0 Å². The van der Waals surface area contributed by atoms with E-state index in [2.05, 4.69) is 5.32 Å². The fraction of sp³-hybridized carbons (Fsp3) is 0.267. The number of hydrogen-bond acceptors (Lipinski definition) is 3.